The molecular weight excluding hydrogens is 358 g/mol. The molecule has 146 valence electrons. The van der Waals surface area contributed by atoms with Crippen LogP contribution in [0.3, 0.4) is 0 Å². The van der Waals surface area contributed by atoms with Crippen LogP contribution in [-0.4, -0.2) is 15.9 Å². The van der Waals surface area contributed by atoms with Gasteiger partial charge in [0.25, 0.3) is 0 Å². The number of aromatic amines is 1. The van der Waals surface area contributed by atoms with Crippen molar-refractivity contribution in [3.8, 4) is 0 Å². The van der Waals surface area contributed by atoms with Gasteiger partial charge in [0.1, 0.15) is 0 Å². The number of para-hydroxylation sites is 1. The quantitative estimate of drug-likeness (QED) is 0.474. The number of carbonyl (C=O) groups excluding carboxylic acids is 1. The summed E-state index contributed by atoms with van der Waals surface area (Å²) in [4.78, 5) is 20.4. The van der Waals surface area contributed by atoms with Gasteiger partial charge in [-0.2, -0.15) is 0 Å². The number of aryl methyl sites for hydroxylation is 1. The van der Waals surface area contributed by atoms with Gasteiger partial charge in [-0.05, 0) is 34.7 Å². The highest BCUT2D eigenvalue weighted by Gasteiger charge is 2.21. The summed E-state index contributed by atoms with van der Waals surface area (Å²) in [5, 5.41) is 4.24. The smallest absolute Gasteiger partial charge is 0.221 e. The summed E-state index contributed by atoms with van der Waals surface area (Å²) in [7, 11) is 0. The Balaban J connectivity index is 1.62. The predicted molar refractivity (Wildman–Crippen MR) is 117 cm³/mol. The minimum absolute atomic E-state index is 0.00838. The van der Waals surface area contributed by atoms with Gasteiger partial charge in [0, 0.05) is 48.4 Å². The molecule has 4 rings (SSSR count). The Labute approximate surface area is 171 Å². The molecule has 29 heavy (non-hydrogen) atoms. The molecule has 0 spiro atoms. The minimum atomic E-state index is -0.00838. The van der Waals surface area contributed by atoms with Gasteiger partial charge in [0.2, 0.25) is 5.91 Å². The van der Waals surface area contributed by atoms with E-state index >= 15 is 0 Å². The van der Waals surface area contributed by atoms with E-state index in [0.29, 0.717) is 13.0 Å². The molecule has 0 bridgehead atoms. The number of H-pyrrole nitrogens is 1. The van der Waals surface area contributed by atoms with Crippen molar-refractivity contribution in [2.75, 3.05) is 0 Å². The highest BCUT2D eigenvalue weighted by Crippen LogP contribution is 2.34. The summed E-state index contributed by atoms with van der Waals surface area (Å²) in [6.45, 7) is 2.65. The third kappa shape index (κ3) is 4.21. The molecule has 0 radical (unpaired) electrons. The first kappa shape index (κ1) is 18.9. The molecule has 4 aromatic rings. The van der Waals surface area contributed by atoms with Gasteiger partial charge in [0.05, 0.1) is 0 Å². The molecule has 2 aromatic heterocycles. The molecule has 0 saturated carbocycles. The van der Waals surface area contributed by atoms with E-state index in [0.717, 1.165) is 23.1 Å². The van der Waals surface area contributed by atoms with E-state index < -0.39 is 0 Å². The van der Waals surface area contributed by atoms with Crippen molar-refractivity contribution in [2.45, 2.75) is 32.2 Å². The lowest BCUT2D eigenvalue weighted by molar-refractivity contribution is -0.121. The van der Waals surface area contributed by atoms with E-state index in [1.54, 1.807) is 12.4 Å². The van der Waals surface area contributed by atoms with Crippen LogP contribution in [0.1, 0.15) is 41.5 Å². The molecule has 1 amide bonds. The largest absolute Gasteiger partial charge is 0.361 e. The normalized spacial score (nSPS) is 12.0. The molecule has 0 aliphatic heterocycles. The summed E-state index contributed by atoms with van der Waals surface area (Å²) < 4.78 is 0. The van der Waals surface area contributed by atoms with Crippen LogP contribution in [0.2, 0.25) is 0 Å². The van der Waals surface area contributed by atoms with E-state index in [9.17, 15) is 4.79 Å². The number of carbonyl (C=O) groups is 1. The number of hydrogen-bond donors (Lipinski definition) is 2. The second-order valence-electron chi connectivity index (χ2n) is 7.24. The van der Waals surface area contributed by atoms with Crippen LogP contribution < -0.4 is 5.32 Å². The van der Waals surface area contributed by atoms with Crippen LogP contribution in [-0.2, 0) is 17.8 Å². The molecule has 0 saturated heterocycles. The lowest BCUT2D eigenvalue weighted by Crippen LogP contribution is -2.25. The van der Waals surface area contributed by atoms with Crippen LogP contribution in [0, 0.1) is 0 Å². The molecule has 2 N–H and O–H groups in total. The summed E-state index contributed by atoms with van der Waals surface area (Å²) in [6, 6.07) is 20.5. The first-order chi connectivity index (χ1) is 14.3. The van der Waals surface area contributed by atoms with Crippen LogP contribution in [0.4, 0.5) is 0 Å². The van der Waals surface area contributed by atoms with Crippen molar-refractivity contribution >= 4 is 16.8 Å². The van der Waals surface area contributed by atoms with Crippen LogP contribution in [0.25, 0.3) is 10.9 Å². The molecule has 0 fully saturated rings. The summed E-state index contributed by atoms with van der Waals surface area (Å²) in [5.41, 5.74) is 5.77. The number of rotatable bonds is 7. The minimum Gasteiger partial charge on any atom is -0.361 e. The maximum atomic E-state index is 12.8. The average molecular weight is 383 g/mol. The van der Waals surface area contributed by atoms with Gasteiger partial charge in [-0.25, -0.2) is 0 Å². The molecule has 0 aliphatic carbocycles. The van der Waals surface area contributed by atoms with Gasteiger partial charge in [-0.1, -0.05) is 61.5 Å². The number of pyridine rings is 1. The van der Waals surface area contributed by atoms with Crippen LogP contribution in [0.5, 0.6) is 0 Å². The summed E-state index contributed by atoms with van der Waals surface area (Å²) in [6.07, 6.45) is 6.95. The van der Waals surface area contributed by atoms with E-state index in [-0.39, 0.29) is 11.8 Å². The van der Waals surface area contributed by atoms with Crippen molar-refractivity contribution in [1.82, 2.24) is 15.3 Å². The zero-order valence-corrected chi connectivity index (χ0v) is 16.6. The Morgan fingerprint density at radius 2 is 1.93 bits per heavy atom. The number of nitrogens with one attached hydrogen (secondary N) is 2. The number of fused-ring (bicyclic) bond motifs is 1. The third-order valence-electron chi connectivity index (χ3n) is 5.39. The second kappa shape index (κ2) is 8.74. The van der Waals surface area contributed by atoms with Gasteiger partial charge >= 0.3 is 0 Å². The van der Waals surface area contributed by atoms with Crippen molar-refractivity contribution < 1.29 is 4.79 Å². The molecule has 2 heterocycles. The fourth-order valence-corrected chi connectivity index (χ4v) is 3.88. The predicted octanol–water partition coefficient (Wildman–Crippen LogP) is 4.96. The van der Waals surface area contributed by atoms with Gasteiger partial charge in [-0.3, -0.25) is 9.78 Å². The van der Waals surface area contributed by atoms with Crippen molar-refractivity contribution in [2.24, 2.45) is 0 Å². The topological polar surface area (TPSA) is 57.8 Å². The Morgan fingerprint density at radius 1 is 1.07 bits per heavy atom. The lowest BCUT2D eigenvalue weighted by atomic mass is 9.87. The van der Waals surface area contributed by atoms with E-state index in [2.05, 4.69) is 58.7 Å². The van der Waals surface area contributed by atoms with Gasteiger partial charge in [0.15, 0.2) is 0 Å². The molecule has 1 atom stereocenters. The number of amides is 1. The average Bonchev–Trinajstić information content (AvgIpc) is 3.21. The Bertz CT molecular complexity index is 1090. The van der Waals surface area contributed by atoms with Crippen molar-refractivity contribution in [3.05, 3.63) is 102 Å². The standard InChI is InChI=1S/C25H25N3O/c1-2-19-11-6-12-21-23(17-28-25(19)21)22(20-9-4-3-5-10-20)14-24(29)27-16-18-8-7-13-26-15-18/h3-13,15,17,22,28H,2,14,16H2,1H3,(H,27,29). The van der Waals surface area contributed by atoms with E-state index in [1.165, 1.54) is 16.5 Å². The summed E-state index contributed by atoms with van der Waals surface area (Å²) >= 11 is 0. The van der Waals surface area contributed by atoms with Crippen molar-refractivity contribution in [1.29, 1.82) is 0 Å². The zero-order chi connectivity index (χ0) is 20.1. The molecular formula is C25H25N3O. The highest BCUT2D eigenvalue weighted by atomic mass is 16.1. The maximum absolute atomic E-state index is 12.8. The summed E-state index contributed by atoms with van der Waals surface area (Å²) in [5.74, 6) is 0.0228. The molecule has 4 heteroatoms. The van der Waals surface area contributed by atoms with E-state index in [4.69, 9.17) is 0 Å². The van der Waals surface area contributed by atoms with Crippen LogP contribution >= 0.6 is 0 Å². The fourth-order valence-electron chi connectivity index (χ4n) is 3.88. The van der Waals surface area contributed by atoms with Gasteiger partial charge in [-0.15, -0.1) is 0 Å². The molecule has 0 aliphatic rings. The zero-order valence-electron chi connectivity index (χ0n) is 16.6. The molecule has 4 nitrogen and oxygen atoms in total. The number of aromatic nitrogens is 2. The number of benzene rings is 2. The van der Waals surface area contributed by atoms with Crippen LogP contribution in [0.15, 0.2) is 79.3 Å². The Kier molecular flexibility index (Phi) is 5.71. The third-order valence-corrected chi connectivity index (χ3v) is 5.39. The first-order valence-electron chi connectivity index (χ1n) is 10.1. The highest BCUT2D eigenvalue weighted by molar-refractivity contribution is 5.88. The van der Waals surface area contributed by atoms with Crippen molar-refractivity contribution in [3.63, 3.8) is 0 Å². The SMILES string of the molecule is CCc1cccc2c(C(CC(=O)NCc3cccnc3)c3ccccc3)c[nH]c12. The lowest BCUT2D eigenvalue weighted by Gasteiger charge is -2.17. The second-order valence-corrected chi connectivity index (χ2v) is 7.24. The molecule has 2 aromatic carbocycles. The Hall–Kier alpha value is -3.40. The van der Waals surface area contributed by atoms with E-state index in [1.807, 2.05) is 30.3 Å². The number of hydrogen-bond acceptors (Lipinski definition) is 2. The first-order valence-corrected chi connectivity index (χ1v) is 10.1. The van der Waals surface area contributed by atoms with Gasteiger partial charge < -0.3 is 10.3 Å². The number of nitrogens with zero attached hydrogens (tertiary/aromatic N) is 1. The maximum Gasteiger partial charge on any atom is 0.221 e. The molecule has 1 unspecified atom stereocenters. The monoisotopic (exact) mass is 383 g/mol. The Morgan fingerprint density at radius 3 is 2.69 bits per heavy atom. The fraction of sp³-hybridized carbons (Fsp3) is 0.200.